The Bertz CT molecular complexity index is 1100. The number of carbonyl (C=O) groups is 2. The molecule has 2 N–H and O–H groups in total. The highest BCUT2D eigenvalue weighted by Gasteiger charge is 2.28. The lowest BCUT2D eigenvalue weighted by molar-refractivity contribution is -0.123. The minimum absolute atomic E-state index is 0.156. The lowest BCUT2D eigenvalue weighted by atomic mass is 10.2. The fraction of sp³-hybridized carbons (Fsp3) is 0.333. The van der Waals surface area contributed by atoms with Crippen LogP contribution in [0.5, 0.6) is 11.5 Å². The molecule has 0 spiro atoms. The van der Waals surface area contributed by atoms with Gasteiger partial charge in [-0.05, 0) is 37.3 Å². The summed E-state index contributed by atoms with van der Waals surface area (Å²) in [5.41, 5.74) is 3.62. The molecule has 12 heteroatoms. The summed E-state index contributed by atoms with van der Waals surface area (Å²) >= 11 is 0. The normalized spacial score (nSPS) is 14.4. The molecule has 2 aromatic carbocycles. The van der Waals surface area contributed by atoms with E-state index in [0.717, 1.165) is 18.2 Å². The van der Waals surface area contributed by atoms with Crippen LogP contribution in [0.15, 0.2) is 47.4 Å². The molecule has 1 fully saturated rings. The van der Waals surface area contributed by atoms with E-state index in [4.69, 9.17) is 14.2 Å². The van der Waals surface area contributed by atoms with Gasteiger partial charge in [-0.15, -0.1) is 0 Å². The van der Waals surface area contributed by atoms with Gasteiger partial charge in [0, 0.05) is 13.1 Å². The first kappa shape index (κ1) is 24.4. The molecule has 0 atom stereocenters. The second-order valence-electron chi connectivity index (χ2n) is 6.83. The highest BCUT2D eigenvalue weighted by atomic mass is 32.2. The summed E-state index contributed by atoms with van der Waals surface area (Å²) < 4.78 is 56.9. The van der Waals surface area contributed by atoms with Crippen molar-refractivity contribution in [3.8, 4) is 11.5 Å². The van der Waals surface area contributed by atoms with E-state index >= 15 is 0 Å². The molecular weight excluding hydrogens is 457 g/mol. The van der Waals surface area contributed by atoms with Crippen LogP contribution in [0, 0.1) is 5.82 Å². The summed E-state index contributed by atoms with van der Waals surface area (Å²) in [6.45, 7) is 2.58. The van der Waals surface area contributed by atoms with Gasteiger partial charge in [0.2, 0.25) is 10.0 Å². The van der Waals surface area contributed by atoms with Crippen LogP contribution in [-0.4, -0.2) is 64.1 Å². The molecule has 0 radical (unpaired) electrons. The number of amides is 2. The van der Waals surface area contributed by atoms with Gasteiger partial charge in [-0.1, -0.05) is 12.1 Å². The number of hydrogen-bond acceptors (Lipinski definition) is 7. The van der Waals surface area contributed by atoms with E-state index in [9.17, 15) is 22.4 Å². The summed E-state index contributed by atoms with van der Waals surface area (Å²) in [4.78, 5) is 24.2. The van der Waals surface area contributed by atoms with Gasteiger partial charge >= 0.3 is 0 Å². The van der Waals surface area contributed by atoms with Crippen molar-refractivity contribution in [1.29, 1.82) is 0 Å². The molecule has 0 aromatic heterocycles. The number of carbonyl (C=O) groups excluding carboxylic acids is 2. The first-order valence-corrected chi connectivity index (χ1v) is 11.6. The number of nitrogens with one attached hydrogen (secondary N) is 2. The van der Waals surface area contributed by atoms with Gasteiger partial charge in [-0.25, -0.2) is 12.8 Å². The molecule has 1 aliphatic rings. The number of nitrogens with zero attached hydrogens (tertiary/aromatic N) is 1. The van der Waals surface area contributed by atoms with Crippen molar-refractivity contribution in [2.24, 2.45) is 0 Å². The van der Waals surface area contributed by atoms with Crippen molar-refractivity contribution in [2.45, 2.75) is 11.8 Å². The molecule has 178 valence electrons. The topological polar surface area (TPSA) is 123 Å². The van der Waals surface area contributed by atoms with Gasteiger partial charge in [0.25, 0.3) is 11.8 Å². The summed E-state index contributed by atoms with van der Waals surface area (Å²) in [5.74, 6) is -1.88. The maximum atomic E-state index is 14.2. The molecule has 33 heavy (non-hydrogen) atoms. The highest BCUT2D eigenvalue weighted by molar-refractivity contribution is 7.89. The highest BCUT2D eigenvalue weighted by Crippen LogP contribution is 2.26. The van der Waals surface area contributed by atoms with Crippen LogP contribution in [0.3, 0.4) is 0 Å². The Hall–Kier alpha value is -3.22. The quantitative estimate of drug-likeness (QED) is 0.541. The number of halogens is 1. The van der Waals surface area contributed by atoms with E-state index in [2.05, 4.69) is 10.9 Å². The van der Waals surface area contributed by atoms with Gasteiger partial charge in [0.15, 0.2) is 18.1 Å². The van der Waals surface area contributed by atoms with Gasteiger partial charge in [-0.2, -0.15) is 4.31 Å². The van der Waals surface area contributed by atoms with E-state index in [1.165, 1.54) is 4.31 Å². The zero-order chi connectivity index (χ0) is 23.8. The number of hydrogen-bond donors (Lipinski definition) is 2. The monoisotopic (exact) mass is 481 g/mol. The van der Waals surface area contributed by atoms with Gasteiger partial charge in [0.1, 0.15) is 5.82 Å². The number of sulfonamides is 1. The van der Waals surface area contributed by atoms with E-state index < -0.39 is 39.8 Å². The summed E-state index contributed by atoms with van der Waals surface area (Å²) in [5, 5.41) is 0. The van der Waals surface area contributed by atoms with E-state index in [0.29, 0.717) is 18.1 Å². The molecule has 0 unspecified atom stereocenters. The van der Waals surface area contributed by atoms with E-state index in [1.54, 1.807) is 31.2 Å². The third-order valence-electron chi connectivity index (χ3n) is 4.61. The van der Waals surface area contributed by atoms with Gasteiger partial charge in [-0.3, -0.25) is 20.4 Å². The maximum Gasteiger partial charge on any atom is 0.276 e. The maximum absolute atomic E-state index is 14.2. The average molecular weight is 482 g/mol. The van der Waals surface area contributed by atoms with Crippen molar-refractivity contribution in [3.05, 3.63) is 53.8 Å². The van der Waals surface area contributed by atoms with Crippen molar-refractivity contribution in [1.82, 2.24) is 15.2 Å². The van der Waals surface area contributed by atoms with Crippen molar-refractivity contribution in [3.63, 3.8) is 0 Å². The average Bonchev–Trinajstić information content (AvgIpc) is 2.83. The lowest BCUT2D eigenvalue weighted by Gasteiger charge is -2.26. The van der Waals surface area contributed by atoms with E-state index in [1.807, 2.05) is 0 Å². The van der Waals surface area contributed by atoms with Gasteiger partial charge in [0.05, 0.1) is 30.3 Å². The fourth-order valence-corrected chi connectivity index (χ4v) is 4.43. The smallest absolute Gasteiger partial charge is 0.276 e. The van der Waals surface area contributed by atoms with Crippen molar-refractivity contribution in [2.75, 3.05) is 39.5 Å². The van der Waals surface area contributed by atoms with Crippen LogP contribution < -0.4 is 20.3 Å². The third kappa shape index (κ3) is 6.18. The standard InChI is InChI=1S/C21H24FN3O7S/c1-2-31-18-5-3-4-6-19(18)32-14-20(26)23-24-21(27)16-13-15(7-8-17(16)22)33(28,29)25-9-11-30-12-10-25/h3-8,13H,2,9-12,14H2,1H3,(H,23,26)(H,24,27). The van der Waals surface area contributed by atoms with Crippen molar-refractivity contribution >= 4 is 21.8 Å². The summed E-state index contributed by atoms with van der Waals surface area (Å²) in [6, 6.07) is 9.65. The fourth-order valence-electron chi connectivity index (χ4n) is 2.99. The Morgan fingerprint density at radius 1 is 1.06 bits per heavy atom. The Labute approximate surface area is 190 Å². The first-order valence-electron chi connectivity index (χ1n) is 10.1. The number of hydrazine groups is 1. The molecule has 2 amide bonds. The Morgan fingerprint density at radius 2 is 1.73 bits per heavy atom. The zero-order valence-corrected chi connectivity index (χ0v) is 18.7. The van der Waals surface area contributed by atoms with Crippen LogP contribution >= 0.6 is 0 Å². The molecule has 0 aliphatic carbocycles. The minimum Gasteiger partial charge on any atom is -0.490 e. The third-order valence-corrected chi connectivity index (χ3v) is 6.51. The SMILES string of the molecule is CCOc1ccccc1OCC(=O)NNC(=O)c1cc(S(=O)(=O)N2CCOCC2)ccc1F. The molecule has 1 aliphatic heterocycles. The van der Waals surface area contributed by atoms with Crippen LogP contribution in [0.25, 0.3) is 0 Å². The van der Waals surface area contributed by atoms with Crippen LogP contribution in [-0.2, 0) is 19.6 Å². The second-order valence-corrected chi connectivity index (χ2v) is 8.77. The Kier molecular flexibility index (Phi) is 8.20. The predicted octanol–water partition coefficient (Wildman–Crippen LogP) is 1.09. The first-order chi connectivity index (χ1) is 15.8. The number of morpholine rings is 1. The lowest BCUT2D eigenvalue weighted by Crippen LogP contribution is -2.44. The number of benzene rings is 2. The number of ether oxygens (including phenoxy) is 3. The summed E-state index contributed by atoms with van der Waals surface area (Å²) in [7, 11) is -3.93. The minimum atomic E-state index is -3.93. The van der Waals surface area contributed by atoms with Crippen LogP contribution in [0.1, 0.15) is 17.3 Å². The van der Waals surface area contributed by atoms with Gasteiger partial charge < -0.3 is 14.2 Å². The van der Waals surface area contributed by atoms with Crippen molar-refractivity contribution < 1.29 is 36.6 Å². The van der Waals surface area contributed by atoms with Crippen LogP contribution in [0.2, 0.25) is 0 Å². The molecule has 0 saturated carbocycles. The van der Waals surface area contributed by atoms with Crippen LogP contribution in [0.4, 0.5) is 4.39 Å². The second kappa shape index (κ2) is 11.1. The largest absolute Gasteiger partial charge is 0.490 e. The summed E-state index contributed by atoms with van der Waals surface area (Å²) in [6.07, 6.45) is 0. The molecule has 1 saturated heterocycles. The number of rotatable bonds is 8. The molecule has 0 bridgehead atoms. The number of para-hydroxylation sites is 2. The zero-order valence-electron chi connectivity index (χ0n) is 17.9. The predicted molar refractivity (Wildman–Crippen MR) is 115 cm³/mol. The molecular formula is C21H24FN3O7S. The Balaban J connectivity index is 1.61. The Morgan fingerprint density at radius 3 is 2.39 bits per heavy atom. The molecule has 3 rings (SSSR count). The van der Waals surface area contributed by atoms with E-state index in [-0.39, 0.29) is 31.2 Å². The molecule has 10 nitrogen and oxygen atoms in total. The molecule has 2 aromatic rings. The molecule has 1 heterocycles.